The van der Waals surface area contributed by atoms with E-state index in [1.165, 1.54) is 0 Å². The van der Waals surface area contributed by atoms with E-state index in [0.29, 0.717) is 31.3 Å². The summed E-state index contributed by atoms with van der Waals surface area (Å²) in [5.41, 5.74) is 0. The Balaban J connectivity index is 2.48. The molecule has 10 heavy (non-hydrogen) atoms. The Hall–Kier alpha value is -0.370. The highest BCUT2D eigenvalue weighted by atomic mass is 16.5. The molecule has 1 saturated heterocycles. The van der Waals surface area contributed by atoms with E-state index in [0.717, 1.165) is 0 Å². The van der Waals surface area contributed by atoms with Crippen molar-refractivity contribution < 1.29 is 9.53 Å². The van der Waals surface area contributed by atoms with Gasteiger partial charge in [0.2, 0.25) is 0 Å². The summed E-state index contributed by atoms with van der Waals surface area (Å²) in [7, 11) is 0. The average molecular weight is 142 g/mol. The molecule has 0 aromatic rings. The second-order valence-electron chi connectivity index (χ2n) is 3.14. The van der Waals surface area contributed by atoms with Crippen LogP contribution in [0.2, 0.25) is 0 Å². The number of rotatable bonds is 1. The molecule has 0 N–H and O–H groups in total. The van der Waals surface area contributed by atoms with Crippen LogP contribution in [0.25, 0.3) is 0 Å². The van der Waals surface area contributed by atoms with Crippen molar-refractivity contribution >= 4 is 5.78 Å². The van der Waals surface area contributed by atoms with Gasteiger partial charge in [-0.1, -0.05) is 13.8 Å². The summed E-state index contributed by atoms with van der Waals surface area (Å²) >= 11 is 0. The highest BCUT2D eigenvalue weighted by Gasteiger charge is 2.25. The van der Waals surface area contributed by atoms with Crippen LogP contribution in [0, 0.1) is 11.8 Å². The van der Waals surface area contributed by atoms with E-state index < -0.39 is 0 Å². The van der Waals surface area contributed by atoms with Crippen molar-refractivity contribution in [2.45, 2.75) is 20.3 Å². The topological polar surface area (TPSA) is 26.3 Å². The van der Waals surface area contributed by atoms with Crippen LogP contribution in [0.1, 0.15) is 20.3 Å². The maximum Gasteiger partial charge on any atom is 0.140 e. The monoisotopic (exact) mass is 142 g/mol. The molecule has 1 fully saturated rings. The predicted molar refractivity (Wildman–Crippen MR) is 38.8 cm³/mol. The Morgan fingerprint density at radius 3 is 2.70 bits per heavy atom. The molecule has 1 rings (SSSR count). The average Bonchev–Trinajstić information content (AvgIpc) is 1.88. The zero-order valence-corrected chi connectivity index (χ0v) is 6.59. The van der Waals surface area contributed by atoms with Gasteiger partial charge in [0.1, 0.15) is 5.78 Å². The fourth-order valence-electron chi connectivity index (χ4n) is 1.23. The van der Waals surface area contributed by atoms with Crippen LogP contribution in [0.15, 0.2) is 0 Å². The van der Waals surface area contributed by atoms with Gasteiger partial charge < -0.3 is 4.74 Å². The number of ketones is 1. The highest BCUT2D eigenvalue weighted by Crippen LogP contribution is 2.17. The quantitative estimate of drug-likeness (QED) is 0.550. The second kappa shape index (κ2) is 3.15. The first-order valence-corrected chi connectivity index (χ1v) is 3.82. The summed E-state index contributed by atoms with van der Waals surface area (Å²) in [6, 6.07) is 0. The summed E-state index contributed by atoms with van der Waals surface area (Å²) in [5, 5.41) is 0. The highest BCUT2D eigenvalue weighted by molar-refractivity contribution is 5.81. The largest absolute Gasteiger partial charge is 0.380 e. The molecule has 2 heteroatoms. The minimum absolute atomic E-state index is 0.161. The summed E-state index contributed by atoms with van der Waals surface area (Å²) in [4.78, 5) is 11.2. The molecule has 1 aliphatic heterocycles. The number of carbonyl (C=O) groups excluding carboxylic acids is 1. The van der Waals surface area contributed by atoms with Gasteiger partial charge in [0.15, 0.2) is 0 Å². The normalized spacial score (nSPS) is 27.5. The number of hydrogen-bond donors (Lipinski definition) is 0. The van der Waals surface area contributed by atoms with Gasteiger partial charge in [-0.25, -0.2) is 0 Å². The zero-order chi connectivity index (χ0) is 7.56. The van der Waals surface area contributed by atoms with E-state index in [4.69, 9.17) is 4.74 Å². The molecule has 1 heterocycles. The summed E-state index contributed by atoms with van der Waals surface area (Å²) in [6.45, 7) is 5.40. The zero-order valence-electron chi connectivity index (χ0n) is 6.59. The third-order valence-corrected chi connectivity index (χ3v) is 2.01. The van der Waals surface area contributed by atoms with Crippen LogP contribution >= 0.6 is 0 Å². The predicted octanol–water partition coefficient (Wildman–Crippen LogP) is 1.25. The van der Waals surface area contributed by atoms with E-state index in [1.54, 1.807) is 0 Å². The van der Waals surface area contributed by atoms with Crippen LogP contribution in [-0.2, 0) is 9.53 Å². The van der Waals surface area contributed by atoms with Crippen LogP contribution in [0.5, 0.6) is 0 Å². The van der Waals surface area contributed by atoms with Crippen molar-refractivity contribution in [1.29, 1.82) is 0 Å². The molecule has 1 atom stereocenters. The molecular formula is C8H14O2. The summed E-state index contributed by atoms with van der Waals surface area (Å²) in [6.07, 6.45) is 0.614. The lowest BCUT2D eigenvalue weighted by Crippen LogP contribution is -2.31. The third-order valence-electron chi connectivity index (χ3n) is 2.01. The van der Waals surface area contributed by atoms with Gasteiger partial charge in [0, 0.05) is 12.3 Å². The van der Waals surface area contributed by atoms with Gasteiger partial charge >= 0.3 is 0 Å². The smallest absolute Gasteiger partial charge is 0.140 e. The van der Waals surface area contributed by atoms with Crippen LogP contribution in [0.4, 0.5) is 0 Å². The van der Waals surface area contributed by atoms with E-state index in [1.807, 2.05) is 0 Å². The van der Waals surface area contributed by atoms with Crippen LogP contribution in [-0.4, -0.2) is 19.0 Å². The first kappa shape index (κ1) is 7.73. The van der Waals surface area contributed by atoms with Crippen molar-refractivity contribution in [2.24, 2.45) is 11.8 Å². The van der Waals surface area contributed by atoms with Crippen molar-refractivity contribution in [2.75, 3.05) is 13.2 Å². The van der Waals surface area contributed by atoms with E-state index in [9.17, 15) is 4.79 Å². The van der Waals surface area contributed by atoms with Crippen molar-refractivity contribution in [3.63, 3.8) is 0 Å². The molecule has 2 nitrogen and oxygen atoms in total. The molecular weight excluding hydrogens is 128 g/mol. The first-order valence-electron chi connectivity index (χ1n) is 3.82. The Morgan fingerprint density at radius 1 is 1.60 bits per heavy atom. The summed E-state index contributed by atoms with van der Waals surface area (Å²) < 4.78 is 5.19. The molecule has 0 aliphatic carbocycles. The lowest BCUT2D eigenvalue weighted by molar-refractivity contribution is -0.132. The van der Waals surface area contributed by atoms with Gasteiger partial charge in [-0.2, -0.15) is 0 Å². The minimum atomic E-state index is 0.161. The molecule has 0 aromatic heterocycles. The standard InChI is InChI=1S/C8H14O2/c1-6(2)7-5-10-4-3-8(7)9/h6-7H,3-5H2,1-2H3. The molecule has 1 unspecified atom stereocenters. The Kier molecular flexibility index (Phi) is 2.44. The van der Waals surface area contributed by atoms with Gasteiger partial charge in [-0.3, -0.25) is 4.79 Å². The maximum atomic E-state index is 11.2. The molecule has 0 spiro atoms. The minimum Gasteiger partial charge on any atom is -0.380 e. The fraction of sp³-hybridized carbons (Fsp3) is 0.875. The molecule has 0 radical (unpaired) electrons. The maximum absolute atomic E-state index is 11.2. The molecule has 0 bridgehead atoms. The molecule has 0 saturated carbocycles. The lowest BCUT2D eigenvalue weighted by Gasteiger charge is -2.23. The molecule has 0 amide bonds. The number of carbonyl (C=O) groups is 1. The lowest BCUT2D eigenvalue weighted by atomic mass is 9.90. The van der Waals surface area contributed by atoms with E-state index in [2.05, 4.69) is 13.8 Å². The number of ether oxygens (including phenoxy) is 1. The van der Waals surface area contributed by atoms with Crippen molar-refractivity contribution in [1.82, 2.24) is 0 Å². The molecule has 58 valence electrons. The van der Waals surface area contributed by atoms with E-state index >= 15 is 0 Å². The molecule has 0 aromatic carbocycles. The van der Waals surface area contributed by atoms with E-state index in [-0.39, 0.29) is 5.92 Å². The summed E-state index contributed by atoms with van der Waals surface area (Å²) in [5.74, 6) is 0.975. The van der Waals surface area contributed by atoms with Crippen LogP contribution < -0.4 is 0 Å². The Labute approximate surface area is 61.6 Å². The SMILES string of the molecule is CC(C)C1COCCC1=O. The number of hydrogen-bond acceptors (Lipinski definition) is 2. The van der Waals surface area contributed by atoms with Gasteiger partial charge in [0.25, 0.3) is 0 Å². The van der Waals surface area contributed by atoms with Crippen molar-refractivity contribution in [3.05, 3.63) is 0 Å². The molecule has 1 aliphatic rings. The first-order chi connectivity index (χ1) is 4.72. The number of Topliss-reactive ketones (excluding diaryl/α,β-unsaturated/α-hetero) is 1. The van der Waals surface area contributed by atoms with Gasteiger partial charge in [-0.15, -0.1) is 0 Å². The van der Waals surface area contributed by atoms with Crippen LogP contribution in [0.3, 0.4) is 0 Å². The van der Waals surface area contributed by atoms with Gasteiger partial charge in [-0.05, 0) is 5.92 Å². The Morgan fingerprint density at radius 2 is 2.30 bits per heavy atom. The fourth-order valence-corrected chi connectivity index (χ4v) is 1.23. The van der Waals surface area contributed by atoms with Gasteiger partial charge in [0.05, 0.1) is 13.2 Å². The Bertz CT molecular complexity index is 129. The second-order valence-corrected chi connectivity index (χ2v) is 3.14. The third kappa shape index (κ3) is 1.57. The van der Waals surface area contributed by atoms with Crippen molar-refractivity contribution in [3.8, 4) is 0 Å².